The van der Waals surface area contributed by atoms with Gasteiger partial charge in [0, 0.05) is 44.0 Å². The summed E-state index contributed by atoms with van der Waals surface area (Å²) < 4.78 is 4.57. The van der Waals surface area contributed by atoms with E-state index >= 15 is 0 Å². The normalized spacial score (nSPS) is 11.8. The fourth-order valence-electron chi connectivity index (χ4n) is 17.1. The van der Waals surface area contributed by atoms with Gasteiger partial charge in [0.05, 0.1) is 24.2 Å². The monoisotopic (exact) mass is 1340 g/mol. The molecule has 0 aliphatic rings. The smallest absolute Gasteiger partial charge is 0.189 e. The molecule has 0 aliphatic heterocycles. The van der Waals surface area contributed by atoms with E-state index in [1.165, 1.54) is 153 Å². The van der Waals surface area contributed by atoms with Gasteiger partial charge in [0.2, 0.25) is 0 Å². The van der Waals surface area contributed by atoms with E-state index < -0.39 is 0 Å². The Bertz CT molecular complexity index is 7290. The Hall–Kier alpha value is -14.4. The van der Waals surface area contributed by atoms with E-state index in [0.29, 0.717) is 11.4 Å². The highest BCUT2D eigenvalue weighted by atomic mass is 15.0. The number of nitrogens with zero attached hydrogens (tertiary/aromatic N) is 4. The third kappa shape index (κ3) is 9.89. The van der Waals surface area contributed by atoms with E-state index in [0.717, 1.165) is 55.3 Å². The predicted molar refractivity (Wildman–Crippen MR) is 449 cm³/mol. The molecule has 0 N–H and O–H groups in total. The maximum atomic E-state index is 7.62. The van der Waals surface area contributed by atoms with E-state index in [1.807, 2.05) is 36.4 Å². The third-order valence-corrected chi connectivity index (χ3v) is 22.1. The van der Waals surface area contributed by atoms with Crippen LogP contribution in [0.2, 0.25) is 0 Å². The molecule has 2 aromatic heterocycles. The minimum absolute atomic E-state index is 0.645. The van der Waals surface area contributed by atoms with Crippen molar-refractivity contribution in [3.8, 4) is 78.1 Å². The van der Waals surface area contributed by atoms with Crippen LogP contribution in [0.5, 0.6) is 0 Å². The largest absolute Gasteiger partial charge is 0.310 e. The number of benzene rings is 20. The summed E-state index contributed by atoms with van der Waals surface area (Å²) in [5, 5.41) is 25.2. The zero-order chi connectivity index (χ0) is 70.1. The van der Waals surface area contributed by atoms with Crippen molar-refractivity contribution >= 4 is 141 Å². The topological polar surface area (TPSA) is 18.6 Å². The highest BCUT2D eigenvalue weighted by Gasteiger charge is 2.20. The standard InChI is InChI=1S/2C51H30N2/c1-52-42-23-25-47-46-24-22-35(30-48(46)53(49(47)31-42)43-10-3-2-4-11-43)32-14-16-33(17-15-32)40-26-36-18-20-38-28-41(29-39-21-19-37(27-40)50(36)51(38)39)45-13-7-9-34-8-5-6-12-44(34)45;1-52-44-22-24-47-46-23-21-37(30-48(46)53(49(47)31-44)45-9-3-2-4-10-45)33-11-13-34(14-12-33)42-26-38-17-19-40-28-43(29-41-20-18-39(27-42)50(38)51(40)41)36-16-15-32-7-5-6-8-35(32)25-36/h2*2-31H. The second-order valence-electron chi connectivity index (χ2n) is 28.1. The van der Waals surface area contributed by atoms with Crippen LogP contribution in [-0.4, -0.2) is 9.13 Å². The summed E-state index contributed by atoms with van der Waals surface area (Å²) in [5.74, 6) is 0. The van der Waals surface area contributed by atoms with Crippen LogP contribution in [0.15, 0.2) is 364 Å². The third-order valence-electron chi connectivity index (χ3n) is 22.1. The molecule has 0 radical (unpaired) electrons. The van der Waals surface area contributed by atoms with E-state index in [2.05, 4.69) is 346 Å². The van der Waals surface area contributed by atoms with Crippen molar-refractivity contribution in [1.82, 2.24) is 9.13 Å². The van der Waals surface area contributed by atoms with Crippen LogP contribution in [0.25, 0.3) is 218 Å². The van der Waals surface area contributed by atoms with Gasteiger partial charge in [-0.1, -0.05) is 261 Å². The van der Waals surface area contributed by atoms with Crippen LogP contribution in [0, 0.1) is 13.1 Å². The van der Waals surface area contributed by atoms with Crippen molar-refractivity contribution in [2.24, 2.45) is 0 Å². The summed E-state index contributed by atoms with van der Waals surface area (Å²) in [6.45, 7) is 15.2. The molecule has 0 unspecified atom stereocenters. The number of para-hydroxylation sites is 2. The van der Waals surface area contributed by atoms with E-state index in [9.17, 15) is 0 Å². The summed E-state index contributed by atoms with van der Waals surface area (Å²) in [6.07, 6.45) is 0. The lowest BCUT2D eigenvalue weighted by atomic mass is 9.88. The fourth-order valence-corrected chi connectivity index (χ4v) is 17.1. The van der Waals surface area contributed by atoms with Crippen LogP contribution in [0.4, 0.5) is 11.4 Å². The van der Waals surface area contributed by atoms with Crippen LogP contribution < -0.4 is 0 Å². The lowest BCUT2D eigenvalue weighted by Gasteiger charge is -2.15. The second kappa shape index (κ2) is 24.1. The van der Waals surface area contributed by atoms with Gasteiger partial charge in [-0.05, 0) is 256 Å². The first kappa shape index (κ1) is 60.4. The van der Waals surface area contributed by atoms with Crippen LogP contribution in [-0.2, 0) is 0 Å². The van der Waals surface area contributed by atoms with Crippen molar-refractivity contribution in [2.75, 3.05) is 0 Å². The van der Waals surface area contributed by atoms with Crippen molar-refractivity contribution in [3.05, 3.63) is 387 Å². The maximum absolute atomic E-state index is 7.62. The Kier molecular flexibility index (Phi) is 13.7. The summed E-state index contributed by atoms with van der Waals surface area (Å²) in [6, 6.07) is 132. The number of fused-ring (bicyclic) bond motifs is 8. The molecule has 20 aromatic carbocycles. The van der Waals surface area contributed by atoms with E-state index in [4.69, 9.17) is 13.1 Å². The molecule has 0 bridgehead atoms. The Labute approximate surface area is 611 Å². The average Bonchev–Trinajstić information content (AvgIpc) is 1.06. The molecule has 4 heteroatoms. The molecule has 22 rings (SSSR count). The fraction of sp³-hybridized carbons (Fsp3) is 0. The number of hydrogen-bond acceptors (Lipinski definition) is 0. The van der Waals surface area contributed by atoms with Gasteiger partial charge in [-0.2, -0.15) is 0 Å². The Morgan fingerprint density at radius 1 is 0.179 bits per heavy atom. The molecule has 0 saturated carbocycles. The summed E-state index contributed by atoms with van der Waals surface area (Å²) in [7, 11) is 0. The molecule has 0 amide bonds. The van der Waals surface area contributed by atoms with Crippen molar-refractivity contribution in [1.29, 1.82) is 0 Å². The zero-order valence-corrected chi connectivity index (χ0v) is 57.4. The molecule has 0 spiro atoms. The van der Waals surface area contributed by atoms with Crippen molar-refractivity contribution in [2.45, 2.75) is 0 Å². The Balaban J connectivity index is 0.000000136. The van der Waals surface area contributed by atoms with Gasteiger partial charge in [0.1, 0.15) is 0 Å². The molecule has 106 heavy (non-hydrogen) atoms. The lowest BCUT2D eigenvalue weighted by Crippen LogP contribution is -1.93. The van der Waals surface area contributed by atoms with Crippen molar-refractivity contribution in [3.63, 3.8) is 0 Å². The van der Waals surface area contributed by atoms with Crippen molar-refractivity contribution < 1.29 is 0 Å². The lowest BCUT2D eigenvalue weighted by molar-refractivity contribution is 1.18. The first-order valence-corrected chi connectivity index (χ1v) is 36.1. The summed E-state index contributed by atoms with van der Waals surface area (Å²) in [5.41, 5.74) is 22.3. The molecular formula is C102H60N4. The van der Waals surface area contributed by atoms with Crippen LogP contribution in [0.3, 0.4) is 0 Å². The summed E-state index contributed by atoms with van der Waals surface area (Å²) >= 11 is 0. The van der Waals surface area contributed by atoms with Gasteiger partial charge in [0.15, 0.2) is 11.4 Å². The van der Waals surface area contributed by atoms with Gasteiger partial charge >= 0.3 is 0 Å². The summed E-state index contributed by atoms with van der Waals surface area (Å²) in [4.78, 5) is 7.44. The second-order valence-corrected chi connectivity index (χ2v) is 28.1. The molecule has 22 aromatic rings. The highest BCUT2D eigenvalue weighted by molar-refractivity contribution is 6.26. The molecule has 0 saturated heterocycles. The first-order valence-electron chi connectivity index (χ1n) is 36.1. The SMILES string of the molecule is [C-]#[N+]c1ccc2c3ccc(-c4ccc(-c5cc6ccc7cc(-c8ccc9ccccc9c8)cc8ccc(c5)c6c78)cc4)cc3n(-c3ccccc3)c2c1.[C-]#[N+]c1ccc2c3ccc(-c4ccc(-c5cc6ccc7cc(-c8cccc9ccccc89)cc8ccc(c5)c6c78)cc4)cc3n(-c3ccccc3)c2c1. The van der Waals surface area contributed by atoms with Crippen LogP contribution in [0.1, 0.15) is 0 Å². The number of hydrogen-bond donors (Lipinski definition) is 0. The molecule has 0 aliphatic carbocycles. The van der Waals surface area contributed by atoms with Gasteiger partial charge in [-0.15, -0.1) is 0 Å². The quantitative estimate of drug-likeness (QED) is 0.107. The number of rotatable bonds is 8. The molecule has 4 nitrogen and oxygen atoms in total. The minimum Gasteiger partial charge on any atom is -0.310 e. The highest BCUT2D eigenvalue weighted by Crippen LogP contribution is 2.45. The van der Waals surface area contributed by atoms with Gasteiger partial charge in [0.25, 0.3) is 0 Å². The molecule has 0 fully saturated rings. The minimum atomic E-state index is 0.645. The maximum Gasteiger partial charge on any atom is 0.189 e. The first-order chi connectivity index (χ1) is 52.4. The molecule has 0 atom stereocenters. The zero-order valence-electron chi connectivity index (χ0n) is 57.4. The number of aromatic nitrogens is 2. The Morgan fingerprint density at radius 2 is 0.472 bits per heavy atom. The molecular weight excluding hydrogens is 1280 g/mol. The molecule has 2 heterocycles. The predicted octanol–water partition coefficient (Wildman–Crippen LogP) is 28.8. The Morgan fingerprint density at radius 3 is 0.896 bits per heavy atom. The van der Waals surface area contributed by atoms with E-state index in [-0.39, 0.29) is 0 Å². The van der Waals surface area contributed by atoms with Gasteiger partial charge < -0.3 is 9.13 Å². The average molecular weight is 1340 g/mol. The van der Waals surface area contributed by atoms with Gasteiger partial charge in [-0.3, -0.25) is 0 Å². The molecule has 488 valence electrons. The van der Waals surface area contributed by atoms with Gasteiger partial charge in [-0.25, -0.2) is 9.69 Å². The van der Waals surface area contributed by atoms with Crippen LogP contribution >= 0.6 is 0 Å². The van der Waals surface area contributed by atoms with E-state index in [1.54, 1.807) is 0 Å².